The number of rotatable bonds is 5. The van der Waals surface area contributed by atoms with Gasteiger partial charge in [0.2, 0.25) is 0 Å². The number of halogens is 1. The van der Waals surface area contributed by atoms with Crippen LogP contribution in [0.3, 0.4) is 0 Å². The van der Waals surface area contributed by atoms with Gasteiger partial charge >= 0.3 is 0 Å². The third-order valence-corrected chi connectivity index (χ3v) is 3.51. The van der Waals surface area contributed by atoms with E-state index in [1.165, 1.54) is 25.3 Å². The molecule has 0 aliphatic rings. The van der Waals surface area contributed by atoms with E-state index < -0.39 is 4.92 Å². The molecule has 2 aromatic rings. The lowest BCUT2D eigenvalue weighted by Crippen LogP contribution is -1.93. The van der Waals surface area contributed by atoms with Gasteiger partial charge in [-0.1, -0.05) is 22.9 Å². The number of aromatic nitrogens is 1. The van der Waals surface area contributed by atoms with Crippen molar-refractivity contribution in [2.24, 2.45) is 0 Å². The van der Waals surface area contributed by atoms with E-state index in [4.69, 9.17) is 21.1 Å². The van der Waals surface area contributed by atoms with Crippen LogP contribution in [0.4, 0.5) is 5.69 Å². The first-order chi connectivity index (χ1) is 9.55. The van der Waals surface area contributed by atoms with Gasteiger partial charge in [0.05, 0.1) is 18.1 Å². The van der Waals surface area contributed by atoms with Crippen molar-refractivity contribution in [3.05, 3.63) is 38.3 Å². The van der Waals surface area contributed by atoms with Crippen molar-refractivity contribution >= 4 is 34.9 Å². The highest BCUT2D eigenvalue weighted by Crippen LogP contribution is 2.37. The van der Waals surface area contributed by atoms with Gasteiger partial charge in [-0.3, -0.25) is 14.9 Å². The Balaban J connectivity index is 2.32. The molecule has 1 heterocycles. The fourth-order valence-electron chi connectivity index (χ4n) is 1.36. The number of nitro benzene ring substituents is 1. The maximum Gasteiger partial charge on any atom is 0.281 e. The number of hydrogen-bond donors (Lipinski definition) is 0. The van der Waals surface area contributed by atoms with Gasteiger partial charge in [-0.15, -0.1) is 0 Å². The Hall–Kier alpha value is -2.19. The van der Waals surface area contributed by atoms with Gasteiger partial charge in [-0.25, -0.2) is 0 Å². The molecule has 0 saturated heterocycles. The number of nitro groups is 1. The minimum Gasteiger partial charge on any atom is -0.493 e. The summed E-state index contributed by atoms with van der Waals surface area (Å²) < 4.78 is 10.4. The number of nitrogens with zero attached hydrogens (tertiary/aromatic N) is 2. The minimum atomic E-state index is -0.545. The number of benzene rings is 1. The van der Waals surface area contributed by atoms with E-state index in [1.807, 2.05) is 0 Å². The van der Waals surface area contributed by atoms with Crippen molar-refractivity contribution in [1.82, 2.24) is 4.98 Å². The summed E-state index contributed by atoms with van der Waals surface area (Å²) in [5.41, 5.74) is -0.125. The monoisotopic (exact) mass is 314 g/mol. The molecule has 0 amide bonds. The molecule has 1 aromatic carbocycles. The number of hydrogen-bond acceptors (Lipinski definition) is 7. The van der Waals surface area contributed by atoms with Crippen LogP contribution in [0.5, 0.6) is 16.7 Å². The average Bonchev–Trinajstić information content (AvgIpc) is 2.79. The first-order valence-electron chi connectivity index (χ1n) is 5.17. The van der Waals surface area contributed by atoms with Gasteiger partial charge in [0.25, 0.3) is 10.9 Å². The first-order valence-corrected chi connectivity index (χ1v) is 6.36. The van der Waals surface area contributed by atoms with Crippen molar-refractivity contribution in [3.8, 4) is 16.7 Å². The maximum absolute atomic E-state index is 10.7. The molecule has 0 saturated carbocycles. The zero-order valence-corrected chi connectivity index (χ0v) is 11.6. The van der Waals surface area contributed by atoms with Crippen molar-refractivity contribution in [2.75, 3.05) is 7.11 Å². The van der Waals surface area contributed by atoms with E-state index in [1.54, 1.807) is 0 Å². The van der Waals surface area contributed by atoms with Gasteiger partial charge in [0.1, 0.15) is 4.88 Å². The van der Waals surface area contributed by atoms with Crippen LogP contribution in [-0.2, 0) is 0 Å². The van der Waals surface area contributed by atoms with E-state index in [2.05, 4.69) is 4.98 Å². The van der Waals surface area contributed by atoms with Crippen LogP contribution in [0.15, 0.2) is 18.2 Å². The molecule has 0 spiro atoms. The van der Waals surface area contributed by atoms with E-state index in [0.717, 1.165) is 11.3 Å². The number of non-ortho nitro benzene ring substituents is 1. The van der Waals surface area contributed by atoms with Gasteiger partial charge in [-0.05, 0) is 6.07 Å². The molecule has 1 aromatic heterocycles. The lowest BCUT2D eigenvalue weighted by molar-refractivity contribution is -0.384. The van der Waals surface area contributed by atoms with Crippen LogP contribution in [0.1, 0.15) is 9.67 Å². The van der Waals surface area contributed by atoms with Crippen molar-refractivity contribution in [1.29, 1.82) is 0 Å². The number of thiazole rings is 1. The number of aldehydes is 1. The number of methoxy groups -OCH3 is 1. The Morgan fingerprint density at radius 3 is 2.75 bits per heavy atom. The van der Waals surface area contributed by atoms with E-state index in [0.29, 0.717) is 6.29 Å². The van der Waals surface area contributed by atoms with Gasteiger partial charge < -0.3 is 9.47 Å². The second-order valence-electron chi connectivity index (χ2n) is 3.45. The molecule has 7 nitrogen and oxygen atoms in total. The molecular formula is C11H7ClN2O5S. The average molecular weight is 315 g/mol. The molecule has 0 fully saturated rings. The van der Waals surface area contributed by atoms with Crippen LogP contribution in [0.2, 0.25) is 5.15 Å². The lowest BCUT2D eigenvalue weighted by atomic mass is 10.3. The molecular weight excluding hydrogens is 308 g/mol. The standard InChI is InChI=1S/C11H7ClN2O5S/c1-18-8-4-6(14(16)17)2-3-7(8)19-11-13-10(12)9(5-15)20-11/h2-5H,1H3. The SMILES string of the molecule is COc1cc([N+](=O)[O-])ccc1Oc1nc(Cl)c(C=O)s1. The Kier molecular flexibility index (Phi) is 4.16. The molecule has 0 atom stereocenters. The molecule has 0 bridgehead atoms. The summed E-state index contributed by atoms with van der Waals surface area (Å²) in [4.78, 5) is 24.9. The molecule has 0 radical (unpaired) electrons. The molecule has 20 heavy (non-hydrogen) atoms. The van der Waals surface area contributed by atoms with Crippen LogP contribution >= 0.6 is 22.9 Å². The van der Waals surface area contributed by atoms with Crippen LogP contribution in [-0.4, -0.2) is 23.3 Å². The summed E-state index contributed by atoms with van der Waals surface area (Å²) in [6.45, 7) is 0. The summed E-state index contributed by atoms with van der Waals surface area (Å²) in [7, 11) is 1.36. The smallest absolute Gasteiger partial charge is 0.281 e. The summed E-state index contributed by atoms with van der Waals surface area (Å²) >= 11 is 6.68. The van der Waals surface area contributed by atoms with E-state index in [-0.39, 0.29) is 32.4 Å². The summed E-state index contributed by atoms with van der Waals surface area (Å²) in [6.07, 6.45) is 0.569. The molecule has 0 aliphatic heterocycles. The number of ether oxygens (including phenoxy) is 2. The van der Waals surface area contributed by atoms with Crippen molar-refractivity contribution in [2.45, 2.75) is 0 Å². The molecule has 9 heteroatoms. The third kappa shape index (κ3) is 2.86. The number of carbonyl (C=O) groups excluding carboxylic acids is 1. The molecule has 2 rings (SSSR count). The molecule has 0 unspecified atom stereocenters. The van der Waals surface area contributed by atoms with Gasteiger partial charge in [0.15, 0.2) is 22.9 Å². The first kappa shape index (κ1) is 14.2. The van der Waals surface area contributed by atoms with Crippen molar-refractivity contribution in [3.63, 3.8) is 0 Å². The quantitative estimate of drug-likeness (QED) is 0.477. The van der Waals surface area contributed by atoms with E-state index in [9.17, 15) is 14.9 Å². The Morgan fingerprint density at radius 1 is 1.45 bits per heavy atom. The summed E-state index contributed by atoms with van der Waals surface area (Å²) in [6, 6.07) is 3.88. The maximum atomic E-state index is 10.7. The van der Waals surface area contributed by atoms with Gasteiger partial charge in [-0.2, -0.15) is 4.98 Å². The second-order valence-corrected chi connectivity index (χ2v) is 4.80. The fourth-order valence-corrected chi connectivity index (χ4v) is 2.28. The largest absolute Gasteiger partial charge is 0.493 e. The molecule has 0 aliphatic carbocycles. The highest BCUT2D eigenvalue weighted by molar-refractivity contribution is 7.15. The predicted molar refractivity (Wildman–Crippen MR) is 72.2 cm³/mol. The highest BCUT2D eigenvalue weighted by Gasteiger charge is 2.16. The lowest BCUT2D eigenvalue weighted by Gasteiger charge is -2.07. The van der Waals surface area contributed by atoms with Crippen LogP contribution < -0.4 is 9.47 Å². The molecule has 104 valence electrons. The normalized spacial score (nSPS) is 10.1. The zero-order valence-electron chi connectivity index (χ0n) is 10.0. The zero-order chi connectivity index (χ0) is 14.7. The van der Waals surface area contributed by atoms with Crippen molar-refractivity contribution < 1.29 is 19.2 Å². The van der Waals surface area contributed by atoms with Crippen LogP contribution in [0.25, 0.3) is 0 Å². The summed E-state index contributed by atoms with van der Waals surface area (Å²) in [5.74, 6) is 0.416. The Labute approximate surface area is 121 Å². The number of carbonyl (C=O) groups is 1. The summed E-state index contributed by atoms with van der Waals surface area (Å²) in [5, 5.41) is 10.9. The third-order valence-electron chi connectivity index (χ3n) is 2.25. The fraction of sp³-hybridized carbons (Fsp3) is 0.0909. The Bertz CT molecular complexity index is 673. The van der Waals surface area contributed by atoms with E-state index >= 15 is 0 Å². The van der Waals surface area contributed by atoms with Crippen LogP contribution in [0, 0.1) is 10.1 Å². The highest BCUT2D eigenvalue weighted by atomic mass is 35.5. The predicted octanol–water partition coefficient (Wildman–Crippen LogP) is 3.32. The molecule has 0 N–H and O–H groups in total. The minimum absolute atomic E-state index is 0.0425. The topological polar surface area (TPSA) is 91.6 Å². The Morgan fingerprint density at radius 2 is 2.20 bits per heavy atom. The second kappa shape index (κ2) is 5.85. The van der Waals surface area contributed by atoms with Gasteiger partial charge in [0, 0.05) is 6.07 Å².